The zero-order valence-corrected chi connectivity index (χ0v) is 11.2. The highest BCUT2D eigenvalue weighted by molar-refractivity contribution is 6.29. The summed E-state index contributed by atoms with van der Waals surface area (Å²) in [5.41, 5.74) is 2.07. The molecule has 1 unspecified atom stereocenters. The largest absolute Gasteiger partial charge is 0.497 e. The van der Waals surface area contributed by atoms with E-state index in [1.54, 1.807) is 13.4 Å². The molecule has 0 spiro atoms. The summed E-state index contributed by atoms with van der Waals surface area (Å²) in [6.45, 7) is 2.91. The third kappa shape index (κ3) is 2.68. The summed E-state index contributed by atoms with van der Waals surface area (Å²) in [6, 6.07) is 9.85. The molecule has 18 heavy (non-hydrogen) atoms. The van der Waals surface area contributed by atoms with E-state index in [-0.39, 0.29) is 6.04 Å². The van der Waals surface area contributed by atoms with Crippen molar-refractivity contribution >= 4 is 11.6 Å². The van der Waals surface area contributed by atoms with Crippen LogP contribution in [0.1, 0.15) is 24.1 Å². The van der Waals surface area contributed by atoms with Gasteiger partial charge in [0.2, 0.25) is 0 Å². The van der Waals surface area contributed by atoms with Crippen LogP contribution in [0.15, 0.2) is 41.0 Å². The van der Waals surface area contributed by atoms with Crippen molar-refractivity contribution in [3.05, 3.63) is 52.9 Å². The van der Waals surface area contributed by atoms with Crippen molar-refractivity contribution in [3.8, 4) is 5.75 Å². The Balaban J connectivity index is 2.32. The Hall–Kier alpha value is -1.45. The first-order valence-corrected chi connectivity index (χ1v) is 6.24. The summed E-state index contributed by atoms with van der Waals surface area (Å²) in [5, 5.41) is 3.82. The lowest BCUT2D eigenvalue weighted by Gasteiger charge is -2.17. The molecule has 0 saturated carbocycles. The molecule has 0 aliphatic rings. The Labute approximate surface area is 112 Å². The van der Waals surface area contributed by atoms with E-state index in [1.807, 2.05) is 30.3 Å². The molecule has 0 saturated heterocycles. The zero-order valence-electron chi connectivity index (χ0n) is 10.4. The first-order chi connectivity index (χ1) is 8.76. The van der Waals surface area contributed by atoms with Crippen LogP contribution < -0.4 is 10.1 Å². The van der Waals surface area contributed by atoms with Gasteiger partial charge in [0, 0.05) is 5.56 Å². The molecule has 0 amide bonds. The van der Waals surface area contributed by atoms with Gasteiger partial charge in [0.25, 0.3) is 0 Å². The predicted octanol–water partition coefficient (Wildman–Crippen LogP) is 3.64. The first-order valence-electron chi connectivity index (χ1n) is 5.86. The number of methoxy groups -OCH3 is 1. The number of furan rings is 1. The molecule has 2 aromatic rings. The van der Waals surface area contributed by atoms with Gasteiger partial charge in [-0.1, -0.05) is 19.1 Å². The summed E-state index contributed by atoms with van der Waals surface area (Å²) in [5.74, 6) is 0.840. The molecule has 1 N–H and O–H groups in total. The van der Waals surface area contributed by atoms with Crippen LogP contribution >= 0.6 is 11.6 Å². The highest BCUT2D eigenvalue weighted by Gasteiger charge is 2.18. The lowest BCUT2D eigenvalue weighted by Crippen LogP contribution is -2.21. The van der Waals surface area contributed by atoms with Crippen LogP contribution in [0.4, 0.5) is 0 Å². The second-order valence-corrected chi connectivity index (χ2v) is 4.26. The Bertz CT molecular complexity index is 493. The molecule has 1 atom stereocenters. The molecular weight excluding hydrogens is 250 g/mol. The van der Waals surface area contributed by atoms with Crippen LogP contribution in [0, 0.1) is 0 Å². The maximum atomic E-state index is 6.05. The highest BCUT2D eigenvalue weighted by Crippen LogP contribution is 2.30. The summed E-state index contributed by atoms with van der Waals surface area (Å²) in [7, 11) is 1.66. The average molecular weight is 266 g/mol. The minimum absolute atomic E-state index is 0.0344. The summed E-state index contributed by atoms with van der Waals surface area (Å²) < 4.78 is 10.3. The Kier molecular flexibility index (Phi) is 4.28. The van der Waals surface area contributed by atoms with Crippen LogP contribution in [0.2, 0.25) is 5.22 Å². The summed E-state index contributed by atoms with van der Waals surface area (Å²) in [6.07, 6.45) is 1.60. The Morgan fingerprint density at radius 1 is 1.28 bits per heavy atom. The third-order valence-electron chi connectivity index (χ3n) is 2.81. The first kappa shape index (κ1) is 13.0. The van der Waals surface area contributed by atoms with Gasteiger partial charge in [-0.25, -0.2) is 0 Å². The van der Waals surface area contributed by atoms with Crippen molar-refractivity contribution in [2.45, 2.75) is 13.0 Å². The van der Waals surface area contributed by atoms with Gasteiger partial charge < -0.3 is 14.5 Å². The fraction of sp³-hybridized carbons (Fsp3) is 0.286. The van der Waals surface area contributed by atoms with Gasteiger partial charge >= 0.3 is 0 Å². The van der Waals surface area contributed by atoms with E-state index >= 15 is 0 Å². The maximum absolute atomic E-state index is 6.05. The standard InChI is InChI=1S/C14H16ClNO2/c1-3-16-13(12-8-9-18-14(12)15)10-4-6-11(17-2)7-5-10/h4-9,13,16H,3H2,1-2H3. The Morgan fingerprint density at radius 3 is 2.50 bits per heavy atom. The molecule has 0 aliphatic carbocycles. The molecule has 0 aliphatic heterocycles. The monoisotopic (exact) mass is 265 g/mol. The fourth-order valence-electron chi connectivity index (χ4n) is 1.92. The van der Waals surface area contributed by atoms with E-state index in [2.05, 4.69) is 12.2 Å². The third-order valence-corrected chi connectivity index (χ3v) is 3.12. The van der Waals surface area contributed by atoms with Gasteiger partial charge in [-0.2, -0.15) is 0 Å². The average Bonchev–Trinajstić information content (AvgIpc) is 2.82. The molecule has 96 valence electrons. The second-order valence-electron chi connectivity index (χ2n) is 3.91. The number of hydrogen-bond acceptors (Lipinski definition) is 3. The smallest absolute Gasteiger partial charge is 0.198 e. The van der Waals surface area contributed by atoms with Gasteiger partial charge in [-0.3, -0.25) is 0 Å². The van der Waals surface area contributed by atoms with E-state index in [0.29, 0.717) is 5.22 Å². The summed E-state index contributed by atoms with van der Waals surface area (Å²) in [4.78, 5) is 0. The van der Waals surface area contributed by atoms with Crippen molar-refractivity contribution in [1.82, 2.24) is 5.32 Å². The number of halogens is 1. The number of rotatable bonds is 5. The van der Waals surface area contributed by atoms with Gasteiger partial charge in [0.15, 0.2) is 5.22 Å². The minimum Gasteiger partial charge on any atom is -0.497 e. The minimum atomic E-state index is 0.0344. The molecule has 1 aromatic heterocycles. The van der Waals surface area contributed by atoms with E-state index in [9.17, 15) is 0 Å². The SMILES string of the molecule is CCNC(c1ccc(OC)cc1)c1ccoc1Cl. The van der Waals surface area contributed by atoms with E-state index in [1.165, 1.54) is 0 Å². The molecule has 3 nitrogen and oxygen atoms in total. The van der Waals surface area contributed by atoms with E-state index in [4.69, 9.17) is 20.8 Å². The molecule has 0 radical (unpaired) electrons. The van der Waals surface area contributed by atoms with E-state index in [0.717, 1.165) is 23.4 Å². The number of ether oxygens (including phenoxy) is 1. The van der Waals surface area contributed by atoms with E-state index < -0.39 is 0 Å². The zero-order chi connectivity index (χ0) is 13.0. The molecule has 1 aromatic carbocycles. The quantitative estimate of drug-likeness (QED) is 0.896. The molecule has 0 fully saturated rings. The van der Waals surface area contributed by atoms with Crippen LogP contribution in [0.5, 0.6) is 5.75 Å². The highest BCUT2D eigenvalue weighted by atomic mass is 35.5. The van der Waals surface area contributed by atoms with Gasteiger partial charge in [-0.05, 0) is 41.9 Å². The number of nitrogens with one attached hydrogen (secondary N) is 1. The number of hydrogen-bond donors (Lipinski definition) is 1. The molecular formula is C14H16ClNO2. The second kappa shape index (κ2) is 5.94. The molecule has 4 heteroatoms. The van der Waals surface area contributed by atoms with Crippen LogP contribution in [-0.4, -0.2) is 13.7 Å². The summed E-state index contributed by atoms with van der Waals surface area (Å²) >= 11 is 6.05. The van der Waals surface area contributed by atoms with Crippen molar-refractivity contribution in [2.75, 3.05) is 13.7 Å². The van der Waals surface area contributed by atoms with Crippen molar-refractivity contribution in [1.29, 1.82) is 0 Å². The molecule has 0 bridgehead atoms. The van der Waals surface area contributed by atoms with Crippen LogP contribution in [-0.2, 0) is 0 Å². The number of benzene rings is 1. The lowest BCUT2D eigenvalue weighted by molar-refractivity contribution is 0.414. The van der Waals surface area contributed by atoms with Gasteiger partial charge in [0.1, 0.15) is 5.75 Å². The van der Waals surface area contributed by atoms with Crippen LogP contribution in [0.25, 0.3) is 0 Å². The Morgan fingerprint density at radius 2 is 2.00 bits per heavy atom. The fourth-order valence-corrected chi connectivity index (χ4v) is 2.14. The topological polar surface area (TPSA) is 34.4 Å². The normalized spacial score (nSPS) is 12.4. The van der Waals surface area contributed by atoms with Gasteiger partial charge in [-0.15, -0.1) is 0 Å². The predicted molar refractivity (Wildman–Crippen MR) is 72.2 cm³/mol. The van der Waals surface area contributed by atoms with Crippen LogP contribution in [0.3, 0.4) is 0 Å². The van der Waals surface area contributed by atoms with Crippen molar-refractivity contribution < 1.29 is 9.15 Å². The molecule has 1 heterocycles. The van der Waals surface area contributed by atoms with Gasteiger partial charge in [0.05, 0.1) is 19.4 Å². The lowest BCUT2D eigenvalue weighted by atomic mass is 10.0. The molecule has 2 rings (SSSR count). The van der Waals surface area contributed by atoms with Crippen molar-refractivity contribution in [2.24, 2.45) is 0 Å². The maximum Gasteiger partial charge on any atom is 0.198 e. The van der Waals surface area contributed by atoms with Crippen molar-refractivity contribution in [3.63, 3.8) is 0 Å².